The lowest BCUT2D eigenvalue weighted by Gasteiger charge is -2.34. The summed E-state index contributed by atoms with van der Waals surface area (Å²) in [6.07, 6.45) is 14.0. The summed E-state index contributed by atoms with van der Waals surface area (Å²) in [5.74, 6) is 0.591. The van der Waals surface area contributed by atoms with Gasteiger partial charge in [0.25, 0.3) is 0 Å². The van der Waals surface area contributed by atoms with E-state index in [-0.39, 0.29) is 12.0 Å². The summed E-state index contributed by atoms with van der Waals surface area (Å²) < 4.78 is 2.03. The number of hydrogen-bond donors (Lipinski definition) is 0. The van der Waals surface area contributed by atoms with Gasteiger partial charge in [0, 0.05) is 11.1 Å². The quantitative estimate of drug-likeness (QED) is 0.834. The zero-order chi connectivity index (χ0) is 17.8. The van der Waals surface area contributed by atoms with Gasteiger partial charge in [0.1, 0.15) is 12.7 Å². The maximum Gasteiger partial charge on any atom is 0.120 e. The molecule has 2 aliphatic carbocycles. The molecule has 0 bridgehead atoms. The van der Waals surface area contributed by atoms with Gasteiger partial charge in [-0.25, -0.2) is 0 Å². The van der Waals surface area contributed by atoms with Crippen molar-refractivity contribution in [3.05, 3.63) is 59.3 Å². The van der Waals surface area contributed by atoms with Gasteiger partial charge in [0.05, 0.1) is 18.2 Å². The van der Waals surface area contributed by atoms with Gasteiger partial charge in [-0.3, -0.25) is 0 Å². The van der Waals surface area contributed by atoms with Crippen molar-refractivity contribution in [1.29, 1.82) is 10.5 Å². The van der Waals surface area contributed by atoms with Crippen LogP contribution in [-0.2, 0) is 0 Å². The molecule has 1 heterocycles. The van der Waals surface area contributed by atoms with Crippen molar-refractivity contribution >= 4 is 0 Å². The molecule has 25 heavy (non-hydrogen) atoms. The van der Waals surface area contributed by atoms with Crippen molar-refractivity contribution in [1.82, 2.24) is 14.8 Å². The van der Waals surface area contributed by atoms with Gasteiger partial charge in [-0.05, 0) is 54.4 Å². The Kier molecular flexibility index (Phi) is 4.95. The predicted octanol–water partition coefficient (Wildman–Crippen LogP) is 4.04. The van der Waals surface area contributed by atoms with Gasteiger partial charge in [0.2, 0.25) is 0 Å². The molecule has 1 aromatic rings. The molecule has 0 fully saturated rings. The number of allylic oxidation sites excluding steroid dienone is 8. The first-order valence-corrected chi connectivity index (χ1v) is 8.63. The van der Waals surface area contributed by atoms with E-state index in [0.29, 0.717) is 5.92 Å². The van der Waals surface area contributed by atoms with E-state index in [1.165, 1.54) is 11.1 Å². The summed E-state index contributed by atoms with van der Waals surface area (Å²) in [5.41, 5.74) is 4.19. The molecule has 3 unspecified atom stereocenters. The Labute approximate surface area is 148 Å². The van der Waals surface area contributed by atoms with Gasteiger partial charge in [0.15, 0.2) is 0 Å². The monoisotopic (exact) mass is 331 g/mol. The fourth-order valence-electron chi connectivity index (χ4n) is 3.76. The summed E-state index contributed by atoms with van der Waals surface area (Å²) in [6, 6.07) is 4.59. The minimum Gasteiger partial charge on any atom is -0.309 e. The number of hydrogen-bond acceptors (Lipinski definition) is 4. The summed E-state index contributed by atoms with van der Waals surface area (Å²) >= 11 is 0. The number of nitrogens with zero attached hydrogens (tertiary/aromatic N) is 5. The molecule has 3 rings (SSSR count). The second kappa shape index (κ2) is 7.32. The molecule has 126 valence electrons. The molecule has 5 heteroatoms. The highest BCUT2D eigenvalue weighted by molar-refractivity contribution is 5.43. The first kappa shape index (κ1) is 16.9. The molecule has 0 aromatic carbocycles. The van der Waals surface area contributed by atoms with Crippen molar-refractivity contribution in [2.45, 2.75) is 39.2 Å². The third kappa shape index (κ3) is 3.32. The van der Waals surface area contributed by atoms with E-state index in [9.17, 15) is 10.5 Å². The number of nitriles is 2. The predicted molar refractivity (Wildman–Crippen MR) is 94.8 cm³/mol. The summed E-state index contributed by atoms with van der Waals surface area (Å²) in [5, 5.41) is 26.4. The Balaban J connectivity index is 2.09. The van der Waals surface area contributed by atoms with E-state index in [2.05, 4.69) is 48.3 Å². The molecular weight excluding hydrogens is 310 g/mol. The SMILES string of the molecule is CCC1CC(C#N)=CC=C1C(C1=CC=C(C#N)CC1C)n1cnnc1. The lowest BCUT2D eigenvalue weighted by molar-refractivity contribution is 0.467. The normalized spacial score (nSPS) is 24.2. The van der Waals surface area contributed by atoms with Gasteiger partial charge >= 0.3 is 0 Å². The molecule has 2 aliphatic rings. The molecule has 0 amide bonds. The number of aromatic nitrogens is 3. The van der Waals surface area contributed by atoms with Crippen molar-refractivity contribution in [2.24, 2.45) is 11.8 Å². The fourth-order valence-corrected chi connectivity index (χ4v) is 3.76. The largest absolute Gasteiger partial charge is 0.309 e. The Morgan fingerprint density at radius 3 is 2.20 bits per heavy atom. The van der Waals surface area contributed by atoms with Crippen LogP contribution in [0.4, 0.5) is 0 Å². The Morgan fingerprint density at radius 2 is 1.64 bits per heavy atom. The maximum absolute atomic E-state index is 9.24. The average Bonchev–Trinajstić information content (AvgIpc) is 3.17. The third-order valence-corrected chi connectivity index (χ3v) is 5.13. The standard InChI is InChI=1S/C20H21N5/c1-3-17-9-16(11-22)5-7-19(17)20(25-12-23-24-13-25)18-6-4-15(10-21)8-14(18)2/h4-7,12-14,17,20H,3,8-9H2,1-2H3. The second-order valence-corrected chi connectivity index (χ2v) is 6.67. The van der Waals surface area contributed by atoms with Gasteiger partial charge in [-0.2, -0.15) is 10.5 Å². The summed E-state index contributed by atoms with van der Waals surface area (Å²) in [6.45, 7) is 4.32. The zero-order valence-electron chi connectivity index (χ0n) is 14.6. The van der Waals surface area contributed by atoms with Gasteiger partial charge in [-0.1, -0.05) is 26.0 Å². The van der Waals surface area contributed by atoms with Crippen LogP contribution in [0.15, 0.2) is 59.3 Å². The highest BCUT2D eigenvalue weighted by Crippen LogP contribution is 2.42. The molecule has 0 saturated heterocycles. The van der Waals surface area contributed by atoms with E-state index in [1.54, 1.807) is 12.7 Å². The van der Waals surface area contributed by atoms with E-state index < -0.39 is 0 Å². The van der Waals surface area contributed by atoms with Crippen LogP contribution in [0.3, 0.4) is 0 Å². The third-order valence-electron chi connectivity index (χ3n) is 5.13. The van der Waals surface area contributed by atoms with Crippen LogP contribution < -0.4 is 0 Å². The highest BCUT2D eigenvalue weighted by Gasteiger charge is 2.31. The van der Waals surface area contributed by atoms with Crippen LogP contribution in [0.5, 0.6) is 0 Å². The second-order valence-electron chi connectivity index (χ2n) is 6.67. The molecular formula is C20H21N5. The minimum absolute atomic E-state index is 0.0305. The molecule has 0 aliphatic heterocycles. The van der Waals surface area contributed by atoms with Crippen molar-refractivity contribution in [2.75, 3.05) is 0 Å². The van der Waals surface area contributed by atoms with Crippen LogP contribution in [-0.4, -0.2) is 14.8 Å². The Morgan fingerprint density at radius 1 is 1.04 bits per heavy atom. The molecule has 3 atom stereocenters. The Bertz CT molecular complexity index is 840. The molecule has 0 spiro atoms. The summed E-state index contributed by atoms with van der Waals surface area (Å²) in [4.78, 5) is 0. The zero-order valence-corrected chi connectivity index (χ0v) is 14.6. The van der Waals surface area contributed by atoms with Crippen LogP contribution in [0.1, 0.15) is 39.2 Å². The van der Waals surface area contributed by atoms with Gasteiger partial charge in [-0.15, -0.1) is 10.2 Å². The van der Waals surface area contributed by atoms with E-state index >= 15 is 0 Å². The first-order chi connectivity index (χ1) is 12.2. The average molecular weight is 331 g/mol. The van der Waals surface area contributed by atoms with Crippen molar-refractivity contribution in [3.63, 3.8) is 0 Å². The van der Waals surface area contributed by atoms with Crippen LogP contribution in [0.25, 0.3) is 0 Å². The molecule has 1 aromatic heterocycles. The van der Waals surface area contributed by atoms with Crippen LogP contribution >= 0.6 is 0 Å². The molecule has 0 saturated carbocycles. The van der Waals surface area contributed by atoms with Crippen molar-refractivity contribution < 1.29 is 0 Å². The fraction of sp³-hybridized carbons (Fsp3) is 0.400. The lowest BCUT2D eigenvalue weighted by Crippen LogP contribution is -2.24. The van der Waals surface area contributed by atoms with Crippen LogP contribution in [0.2, 0.25) is 0 Å². The highest BCUT2D eigenvalue weighted by atomic mass is 15.2. The van der Waals surface area contributed by atoms with Crippen LogP contribution in [0, 0.1) is 34.5 Å². The molecule has 0 N–H and O–H groups in total. The van der Waals surface area contributed by atoms with E-state index in [1.807, 2.05) is 16.7 Å². The van der Waals surface area contributed by atoms with Gasteiger partial charge < -0.3 is 4.57 Å². The topological polar surface area (TPSA) is 78.3 Å². The number of rotatable bonds is 4. The smallest absolute Gasteiger partial charge is 0.120 e. The first-order valence-electron chi connectivity index (χ1n) is 8.63. The molecule has 5 nitrogen and oxygen atoms in total. The maximum atomic E-state index is 9.24. The van der Waals surface area contributed by atoms with E-state index in [0.717, 1.165) is 30.4 Å². The lowest BCUT2D eigenvalue weighted by atomic mass is 9.75. The minimum atomic E-state index is 0.0305. The Hall–Kier alpha value is -2.92. The van der Waals surface area contributed by atoms with E-state index in [4.69, 9.17) is 0 Å². The van der Waals surface area contributed by atoms with Crippen molar-refractivity contribution in [3.8, 4) is 12.1 Å². The molecule has 0 radical (unpaired) electrons. The summed E-state index contributed by atoms with van der Waals surface area (Å²) in [7, 11) is 0.